The van der Waals surface area contributed by atoms with Crippen LogP contribution in [0.2, 0.25) is 0 Å². The van der Waals surface area contributed by atoms with Crippen molar-refractivity contribution in [1.29, 1.82) is 0 Å². The highest BCUT2D eigenvalue weighted by atomic mass is 16.6. The molecule has 2 heterocycles. The average Bonchev–Trinajstić information content (AvgIpc) is 2.90. The van der Waals surface area contributed by atoms with E-state index in [0.29, 0.717) is 6.54 Å². The van der Waals surface area contributed by atoms with Gasteiger partial charge in [-0.1, -0.05) is 0 Å². The van der Waals surface area contributed by atoms with Crippen LogP contribution in [0.1, 0.15) is 6.92 Å². The fourth-order valence-corrected chi connectivity index (χ4v) is 1.65. The van der Waals surface area contributed by atoms with E-state index >= 15 is 0 Å². The summed E-state index contributed by atoms with van der Waals surface area (Å²) in [5.41, 5.74) is 2.04. The van der Waals surface area contributed by atoms with E-state index in [1.54, 1.807) is 23.1 Å². The maximum atomic E-state index is 10.9. The average molecular weight is 278 g/mol. The number of hydrazine groups is 1. The lowest BCUT2D eigenvalue weighted by Gasteiger charge is -2.14. The fraction of sp³-hybridized carbons (Fsp3) is 0.300. The monoisotopic (exact) mass is 278 g/mol. The Hall–Kier alpha value is -2.75. The molecule has 0 fully saturated rings. The van der Waals surface area contributed by atoms with Crippen LogP contribution < -0.4 is 16.6 Å². The first-order chi connectivity index (χ1) is 9.60. The molecule has 1 atom stereocenters. The van der Waals surface area contributed by atoms with Crippen LogP contribution in [0, 0.1) is 10.1 Å². The van der Waals surface area contributed by atoms with Crippen molar-refractivity contribution in [2.75, 3.05) is 10.7 Å². The molecule has 0 aliphatic rings. The lowest BCUT2D eigenvalue weighted by Crippen LogP contribution is -2.24. The van der Waals surface area contributed by atoms with Crippen molar-refractivity contribution in [3.05, 3.63) is 34.8 Å². The van der Waals surface area contributed by atoms with Gasteiger partial charge in [0.25, 0.3) is 0 Å². The quantitative estimate of drug-likeness (QED) is 0.391. The lowest BCUT2D eigenvalue weighted by molar-refractivity contribution is -0.384. The number of anilines is 2. The van der Waals surface area contributed by atoms with E-state index in [2.05, 4.69) is 25.8 Å². The van der Waals surface area contributed by atoms with Crippen LogP contribution in [0.3, 0.4) is 0 Å². The van der Waals surface area contributed by atoms with E-state index in [-0.39, 0.29) is 23.5 Å². The van der Waals surface area contributed by atoms with Crippen molar-refractivity contribution < 1.29 is 4.92 Å². The topological polar surface area (TPSA) is 137 Å². The molecule has 20 heavy (non-hydrogen) atoms. The van der Waals surface area contributed by atoms with Crippen LogP contribution in [0.15, 0.2) is 24.7 Å². The zero-order valence-electron chi connectivity index (χ0n) is 10.7. The molecule has 0 aliphatic carbocycles. The van der Waals surface area contributed by atoms with Crippen molar-refractivity contribution in [2.45, 2.75) is 19.5 Å². The Kier molecular flexibility index (Phi) is 4.05. The summed E-state index contributed by atoms with van der Waals surface area (Å²) >= 11 is 0. The molecule has 0 saturated carbocycles. The molecule has 10 nitrogen and oxygen atoms in total. The number of nitrogens with zero attached hydrogens (tertiary/aromatic N) is 5. The molecular formula is C10H14N8O2. The molecule has 0 bridgehead atoms. The first-order valence-electron chi connectivity index (χ1n) is 5.82. The number of nitro groups is 1. The number of hydrogen-bond donors (Lipinski definition) is 3. The highest BCUT2D eigenvalue weighted by Crippen LogP contribution is 2.22. The van der Waals surface area contributed by atoms with Gasteiger partial charge in [0.15, 0.2) is 0 Å². The molecule has 0 aromatic carbocycles. The van der Waals surface area contributed by atoms with E-state index in [0.717, 1.165) is 6.20 Å². The van der Waals surface area contributed by atoms with Gasteiger partial charge in [-0.3, -0.25) is 20.2 Å². The van der Waals surface area contributed by atoms with Crippen molar-refractivity contribution >= 4 is 17.5 Å². The van der Waals surface area contributed by atoms with Gasteiger partial charge in [-0.2, -0.15) is 10.1 Å². The Morgan fingerprint density at radius 3 is 3.00 bits per heavy atom. The van der Waals surface area contributed by atoms with Crippen LogP contribution in [0.25, 0.3) is 0 Å². The van der Waals surface area contributed by atoms with Crippen LogP contribution >= 0.6 is 0 Å². The van der Waals surface area contributed by atoms with Crippen LogP contribution in [-0.4, -0.2) is 30.7 Å². The molecular weight excluding hydrogens is 264 g/mol. The van der Waals surface area contributed by atoms with Crippen molar-refractivity contribution in [2.24, 2.45) is 5.84 Å². The van der Waals surface area contributed by atoms with Gasteiger partial charge in [0.1, 0.15) is 6.20 Å². The summed E-state index contributed by atoms with van der Waals surface area (Å²) in [5.74, 6) is 5.41. The minimum atomic E-state index is -0.552. The number of nitrogen functional groups attached to an aromatic ring is 1. The van der Waals surface area contributed by atoms with E-state index in [9.17, 15) is 10.1 Å². The Labute approximate surface area is 114 Å². The molecule has 10 heteroatoms. The number of nitrogens with one attached hydrogen (secondary N) is 2. The molecule has 2 aromatic heterocycles. The molecule has 1 unspecified atom stereocenters. The molecule has 2 aromatic rings. The number of aromatic nitrogens is 4. The predicted molar refractivity (Wildman–Crippen MR) is 71.8 cm³/mol. The molecule has 0 spiro atoms. The Morgan fingerprint density at radius 1 is 1.60 bits per heavy atom. The van der Waals surface area contributed by atoms with Crippen LogP contribution in [0.5, 0.6) is 0 Å². The van der Waals surface area contributed by atoms with Gasteiger partial charge in [0, 0.05) is 18.4 Å². The van der Waals surface area contributed by atoms with Crippen molar-refractivity contribution in [3.8, 4) is 0 Å². The van der Waals surface area contributed by atoms with E-state index < -0.39 is 4.92 Å². The van der Waals surface area contributed by atoms with Crippen molar-refractivity contribution in [3.63, 3.8) is 0 Å². The molecule has 0 saturated heterocycles. The second kappa shape index (κ2) is 5.93. The second-order valence-corrected chi connectivity index (χ2v) is 4.10. The van der Waals surface area contributed by atoms with Crippen LogP contribution in [0.4, 0.5) is 17.5 Å². The van der Waals surface area contributed by atoms with E-state index in [1.165, 1.54) is 0 Å². The van der Waals surface area contributed by atoms with Gasteiger partial charge >= 0.3 is 5.69 Å². The summed E-state index contributed by atoms with van der Waals surface area (Å²) in [6.45, 7) is 2.41. The lowest BCUT2D eigenvalue weighted by atomic mass is 10.3. The molecule has 0 radical (unpaired) electrons. The smallest absolute Gasteiger partial charge is 0.329 e. The zero-order chi connectivity index (χ0) is 14.5. The summed E-state index contributed by atoms with van der Waals surface area (Å²) in [6.07, 6.45) is 4.57. The normalized spacial score (nSPS) is 11.9. The molecule has 106 valence electrons. The Balaban J connectivity index is 2.16. The minimum absolute atomic E-state index is 0.101. The molecule has 4 N–H and O–H groups in total. The van der Waals surface area contributed by atoms with E-state index in [4.69, 9.17) is 5.84 Å². The SMILES string of the molecule is CC(Cn1cccn1)Nc1nc(NN)ncc1[N+](=O)[O-]. The number of hydrogen-bond acceptors (Lipinski definition) is 8. The third kappa shape index (κ3) is 3.17. The molecule has 2 rings (SSSR count). The Morgan fingerprint density at radius 2 is 2.40 bits per heavy atom. The predicted octanol–water partition coefficient (Wildman–Crippen LogP) is 0.367. The van der Waals surface area contributed by atoms with Gasteiger partial charge in [-0.05, 0) is 13.0 Å². The van der Waals surface area contributed by atoms with Gasteiger partial charge in [0.2, 0.25) is 11.8 Å². The molecule has 0 aliphatic heterocycles. The fourth-order valence-electron chi connectivity index (χ4n) is 1.65. The summed E-state index contributed by atoms with van der Waals surface area (Å²) in [4.78, 5) is 18.1. The van der Waals surface area contributed by atoms with Crippen LogP contribution in [-0.2, 0) is 6.54 Å². The summed E-state index contributed by atoms with van der Waals surface area (Å²) in [7, 11) is 0. The highest BCUT2D eigenvalue weighted by molar-refractivity contribution is 5.57. The second-order valence-electron chi connectivity index (χ2n) is 4.10. The first kappa shape index (κ1) is 13.7. The summed E-state index contributed by atoms with van der Waals surface area (Å²) < 4.78 is 1.72. The standard InChI is InChI=1S/C10H14N8O2/c1-7(6-17-4-2-3-13-17)14-9-8(18(19)20)5-12-10(15-9)16-11/h2-5,7H,6,11H2,1H3,(H2,12,14,15,16). The largest absolute Gasteiger partial charge is 0.360 e. The number of rotatable bonds is 6. The van der Waals surface area contributed by atoms with Gasteiger partial charge in [-0.25, -0.2) is 10.8 Å². The van der Waals surface area contributed by atoms with Gasteiger partial charge in [-0.15, -0.1) is 0 Å². The highest BCUT2D eigenvalue weighted by Gasteiger charge is 2.18. The zero-order valence-corrected chi connectivity index (χ0v) is 10.7. The third-order valence-electron chi connectivity index (χ3n) is 2.50. The van der Waals surface area contributed by atoms with Crippen molar-refractivity contribution in [1.82, 2.24) is 19.7 Å². The van der Waals surface area contributed by atoms with E-state index in [1.807, 2.05) is 6.92 Å². The summed E-state index contributed by atoms with van der Waals surface area (Å²) in [6, 6.07) is 1.69. The summed E-state index contributed by atoms with van der Waals surface area (Å²) in [5, 5.41) is 18.0. The maximum absolute atomic E-state index is 10.9. The van der Waals surface area contributed by atoms with Gasteiger partial charge in [0.05, 0.1) is 11.5 Å². The third-order valence-corrected chi connectivity index (χ3v) is 2.50. The number of nitrogens with two attached hydrogens (primary N) is 1. The minimum Gasteiger partial charge on any atom is -0.360 e. The van der Waals surface area contributed by atoms with Gasteiger partial charge < -0.3 is 5.32 Å². The first-order valence-corrected chi connectivity index (χ1v) is 5.82. The Bertz CT molecular complexity index is 585. The maximum Gasteiger partial charge on any atom is 0.329 e. The molecule has 0 amide bonds.